The molecule has 0 radical (unpaired) electrons. The quantitative estimate of drug-likeness (QED) is 0.182. The largest absolute Gasteiger partial charge is 0.495 e. The first kappa shape index (κ1) is 30.5. The van der Waals surface area contributed by atoms with Crippen molar-refractivity contribution >= 4 is 62.3 Å². The smallest absolute Gasteiger partial charge is 0.443 e. The number of hydrogen-bond donors (Lipinski definition) is 0. The van der Waals surface area contributed by atoms with Crippen LogP contribution in [0.2, 0.25) is 0 Å². The zero-order valence-corrected chi connectivity index (χ0v) is 28.5. The number of ether oxygens (including phenoxy) is 1. The molecule has 240 valence electrons. The first-order valence-electron chi connectivity index (χ1n) is 16.6. The van der Waals surface area contributed by atoms with Gasteiger partial charge in [0.25, 0.3) is 0 Å². The van der Waals surface area contributed by atoms with Gasteiger partial charge in [-0.1, -0.05) is 78.9 Å². The van der Waals surface area contributed by atoms with E-state index in [2.05, 4.69) is 123 Å². The van der Waals surface area contributed by atoms with Gasteiger partial charge in [0, 0.05) is 32.8 Å². The minimum Gasteiger partial charge on any atom is -0.443 e. The van der Waals surface area contributed by atoms with E-state index in [0.717, 1.165) is 55.1 Å². The Morgan fingerprint density at radius 3 is 1.85 bits per heavy atom. The van der Waals surface area contributed by atoms with Crippen LogP contribution in [0, 0.1) is 0 Å². The third kappa shape index (κ3) is 4.67. The summed E-state index contributed by atoms with van der Waals surface area (Å²) in [6.45, 7) is 13.9. The van der Waals surface area contributed by atoms with Crippen LogP contribution in [0.25, 0.3) is 60.4 Å². The van der Waals surface area contributed by atoms with E-state index < -0.39 is 30.0 Å². The second-order valence-electron chi connectivity index (χ2n) is 14.8. The Morgan fingerprint density at radius 2 is 1.21 bits per heavy atom. The van der Waals surface area contributed by atoms with Crippen molar-refractivity contribution < 1.29 is 18.8 Å². The number of benzene rings is 5. The number of carbonyl (C=O) groups excluding carboxylic acids is 1. The first-order chi connectivity index (χ1) is 22.8. The highest BCUT2D eigenvalue weighted by molar-refractivity contribution is 6.64. The van der Waals surface area contributed by atoms with Gasteiger partial charge in [-0.15, -0.1) is 0 Å². The summed E-state index contributed by atoms with van der Waals surface area (Å²) >= 11 is 0. The molecular weight excluding hydrogens is 595 g/mol. The lowest BCUT2D eigenvalue weighted by Crippen LogP contribution is -2.41. The van der Waals surface area contributed by atoms with Crippen molar-refractivity contribution in [1.29, 1.82) is 0 Å². The molecule has 2 aromatic heterocycles. The van der Waals surface area contributed by atoms with Gasteiger partial charge in [0.1, 0.15) is 5.60 Å². The van der Waals surface area contributed by atoms with Gasteiger partial charge >= 0.3 is 13.2 Å². The van der Waals surface area contributed by atoms with Gasteiger partial charge in [-0.25, -0.2) is 9.36 Å². The lowest BCUT2D eigenvalue weighted by molar-refractivity contribution is 0.00578. The average molecular weight is 635 g/mol. The van der Waals surface area contributed by atoms with Gasteiger partial charge in [0.15, 0.2) is 0 Å². The van der Waals surface area contributed by atoms with Crippen LogP contribution < -0.4 is 5.46 Å². The summed E-state index contributed by atoms with van der Waals surface area (Å²) in [5, 5.41) is 4.32. The number of para-hydroxylation sites is 3. The number of carbonyl (C=O) groups is 1. The summed E-state index contributed by atoms with van der Waals surface area (Å²) < 4.78 is 23.2. The second kappa shape index (κ2) is 10.6. The van der Waals surface area contributed by atoms with Crippen molar-refractivity contribution in [2.75, 3.05) is 0 Å². The molecule has 8 rings (SSSR count). The van der Waals surface area contributed by atoms with Crippen LogP contribution in [0.3, 0.4) is 0 Å². The fraction of sp³-hybridized carbons (Fsp3) is 0.244. The Hall–Kier alpha value is -4.85. The van der Waals surface area contributed by atoms with Crippen LogP contribution in [-0.2, 0) is 14.0 Å². The minimum atomic E-state index is -0.682. The molecule has 48 heavy (non-hydrogen) atoms. The second-order valence-corrected chi connectivity index (χ2v) is 14.8. The Kier molecular flexibility index (Phi) is 6.72. The molecule has 6 nitrogen and oxygen atoms in total. The molecule has 3 heterocycles. The summed E-state index contributed by atoms with van der Waals surface area (Å²) in [7, 11) is -0.567. The standard InChI is InChI=1S/C41H39BN2O4/c1-39(2,3)46-38(45)44-36-24-23-26(43-34-21-12-9-16-28(34)29-17-10-13-22-35(29)43)25-32(36)31-19-14-18-30(37(31)44)27-15-8-11-20-33(27)42-47-40(4,5)41(6,7)48-42/h8-25H,1-7H3. The molecule has 0 spiro atoms. The van der Waals surface area contributed by atoms with E-state index in [1.807, 2.05) is 39.0 Å². The maximum Gasteiger partial charge on any atom is 0.495 e. The van der Waals surface area contributed by atoms with Gasteiger partial charge < -0.3 is 18.6 Å². The van der Waals surface area contributed by atoms with E-state index >= 15 is 0 Å². The molecular formula is C41H39BN2O4. The van der Waals surface area contributed by atoms with E-state index in [0.29, 0.717) is 0 Å². The predicted molar refractivity (Wildman–Crippen MR) is 197 cm³/mol. The molecule has 1 saturated heterocycles. The highest BCUT2D eigenvalue weighted by atomic mass is 16.7. The highest BCUT2D eigenvalue weighted by Gasteiger charge is 2.52. The topological polar surface area (TPSA) is 54.6 Å². The van der Waals surface area contributed by atoms with Crippen molar-refractivity contribution in [3.05, 3.63) is 109 Å². The third-order valence-electron chi connectivity index (χ3n) is 9.94. The normalized spacial score (nSPS) is 16.0. The van der Waals surface area contributed by atoms with Crippen molar-refractivity contribution in [3.63, 3.8) is 0 Å². The summed E-state index contributed by atoms with van der Waals surface area (Å²) in [5.41, 5.74) is 5.93. The molecule has 1 aliphatic rings. The zero-order chi connectivity index (χ0) is 33.6. The molecule has 5 aromatic carbocycles. The number of fused-ring (bicyclic) bond motifs is 6. The fourth-order valence-corrected chi connectivity index (χ4v) is 7.03. The van der Waals surface area contributed by atoms with E-state index in [-0.39, 0.29) is 0 Å². The molecule has 0 aliphatic carbocycles. The molecule has 0 atom stereocenters. The zero-order valence-electron chi connectivity index (χ0n) is 28.5. The molecule has 1 aliphatic heterocycles. The van der Waals surface area contributed by atoms with E-state index in [1.54, 1.807) is 4.57 Å². The molecule has 0 saturated carbocycles. The molecule has 7 aromatic rings. The summed E-state index contributed by atoms with van der Waals surface area (Å²) in [5.74, 6) is 0. The Bertz CT molecular complexity index is 2340. The van der Waals surface area contributed by atoms with Crippen LogP contribution in [0.1, 0.15) is 48.5 Å². The van der Waals surface area contributed by atoms with E-state index in [4.69, 9.17) is 14.0 Å². The van der Waals surface area contributed by atoms with Crippen molar-refractivity contribution in [2.45, 2.75) is 65.3 Å². The highest BCUT2D eigenvalue weighted by Crippen LogP contribution is 2.41. The Morgan fingerprint density at radius 1 is 0.646 bits per heavy atom. The van der Waals surface area contributed by atoms with Crippen molar-refractivity contribution in [3.8, 4) is 16.8 Å². The maximum absolute atomic E-state index is 14.2. The van der Waals surface area contributed by atoms with E-state index in [9.17, 15) is 4.79 Å². The van der Waals surface area contributed by atoms with Gasteiger partial charge in [-0.05, 0) is 89.8 Å². The Balaban J connectivity index is 1.40. The fourth-order valence-electron chi connectivity index (χ4n) is 7.03. The van der Waals surface area contributed by atoms with Crippen LogP contribution in [0.5, 0.6) is 0 Å². The maximum atomic E-state index is 14.2. The number of aromatic nitrogens is 2. The lowest BCUT2D eigenvalue weighted by Gasteiger charge is -2.32. The minimum absolute atomic E-state index is 0.423. The molecule has 0 unspecified atom stereocenters. The van der Waals surface area contributed by atoms with Crippen LogP contribution in [-0.4, -0.2) is 39.1 Å². The molecule has 7 heteroatoms. The van der Waals surface area contributed by atoms with Crippen molar-refractivity contribution in [2.24, 2.45) is 0 Å². The summed E-state index contributed by atoms with van der Waals surface area (Å²) in [4.78, 5) is 14.2. The molecule has 0 bridgehead atoms. The van der Waals surface area contributed by atoms with Gasteiger partial charge in [0.05, 0.1) is 33.3 Å². The third-order valence-corrected chi connectivity index (χ3v) is 9.94. The lowest BCUT2D eigenvalue weighted by atomic mass is 9.74. The number of nitrogens with zero attached hydrogens (tertiary/aromatic N) is 2. The number of rotatable bonds is 3. The van der Waals surface area contributed by atoms with Crippen molar-refractivity contribution in [1.82, 2.24) is 9.13 Å². The summed E-state index contributed by atoms with van der Waals surface area (Å²) in [6.07, 6.45) is -0.423. The average Bonchev–Trinajstić information content (AvgIpc) is 3.63. The van der Waals surface area contributed by atoms with Gasteiger partial charge in [-0.2, -0.15) is 0 Å². The van der Waals surface area contributed by atoms with E-state index in [1.165, 1.54) is 10.8 Å². The number of hydrogen-bond acceptors (Lipinski definition) is 4. The first-order valence-corrected chi connectivity index (χ1v) is 16.6. The molecule has 0 N–H and O–H groups in total. The van der Waals surface area contributed by atoms with Crippen LogP contribution >= 0.6 is 0 Å². The Labute approximate surface area is 281 Å². The van der Waals surface area contributed by atoms with Gasteiger partial charge in [0.2, 0.25) is 0 Å². The molecule has 0 amide bonds. The SMILES string of the molecule is CC(C)(C)OC(=O)n1c2ccc(-n3c4ccccc4c4ccccc43)cc2c2cccc(-c3ccccc3B3OC(C)(C)C(C)(C)O3)c21. The predicted octanol–water partition coefficient (Wildman–Crippen LogP) is 9.64. The summed E-state index contributed by atoms with van der Waals surface area (Å²) in [6, 6.07) is 37.7. The van der Waals surface area contributed by atoms with Crippen LogP contribution in [0.4, 0.5) is 4.79 Å². The van der Waals surface area contributed by atoms with Crippen LogP contribution in [0.15, 0.2) is 109 Å². The monoisotopic (exact) mass is 634 g/mol. The van der Waals surface area contributed by atoms with Gasteiger partial charge in [-0.3, -0.25) is 0 Å². The molecule has 1 fully saturated rings.